The molecule has 0 bridgehead atoms. The summed E-state index contributed by atoms with van der Waals surface area (Å²) in [4.78, 5) is 16.9. The van der Waals surface area contributed by atoms with Crippen molar-refractivity contribution < 1.29 is 14.4 Å². The molecule has 0 radical (unpaired) electrons. The summed E-state index contributed by atoms with van der Waals surface area (Å²) in [5, 5.41) is 13.5. The molecule has 1 aromatic heterocycles. The Morgan fingerprint density at radius 2 is 2.24 bits per heavy atom. The Morgan fingerprint density at radius 3 is 2.81 bits per heavy atom. The zero-order valence-corrected chi connectivity index (χ0v) is 12.5. The maximum absolute atomic E-state index is 11.0. The second kappa shape index (κ2) is 6.58. The third-order valence-corrected chi connectivity index (χ3v) is 3.04. The van der Waals surface area contributed by atoms with Gasteiger partial charge in [0.1, 0.15) is 6.54 Å². The van der Waals surface area contributed by atoms with Crippen molar-refractivity contribution in [1.29, 1.82) is 0 Å². The number of hydrogen-bond acceptors (Lipinski definition) is 5. The first-order valence-corrected chi connectivity index (χ1v) is 6.88. The van der Waals surface area contributed by atoms with E-state index in [0.29, 0.717) is 22.4 Å². The van der Waals surface area contributed by atoms with Crippen LogP contribution in [0.5, 0.6) is 0 Å². The number of carbonyl (C=O) groups is 1. The lowest BCUT2D eigenvalue weighted by Crippen LogP contribution is -2.29. The zero-order chi connectivity index (χ0) is 15.4. The molecular weight excluding hydrogens is 294 g/mol. The molecular formula is C14H16ClN3O3. The van der Waals surface area contributed by atoms with Gasteiger partial charge in [0, 0.05) is 16.6 Å². The molecule has 7 heteroatoms. The van der Waals surface area contributed by atoms with Crippen LogP contribution in [0.4, 0.5) is 5.69 Å². The van der Waals surface area contributed by atoms with E-state index < -0.39 is 5.97 Å². The van der Waals surface area contributed by atoms with Gasteiger partial charge >= 0.3 is 5.97 Å². The molecule has 1 aromatic carbocycles. The summed E-state index contributed by atoms with van der Waals surface area (Å²) in [5.74, 6) is 0.166. The van der Waals surface area contributed by atoms with Gasteiger partial charge in [-0.1, -0.05) is 36.7 Å². The summed E-state index contributed by atoms with van der Waals surface area (Å²) >= 11 is 5.95. The second-order valence-electron chi connectivity index (χ2n) is 4.93. The highest BCUT2D eigenvalue weighted by atomic mass is 35.5. The molecule has 0 atom stereocenters. The molecule has 2 rings (SSSR count). The summed E-state index contributed by atoms with van der Waals surface area (Å²) in [6.45, 7) is 3.96. The maximum atomic E-state index is 11.0. The van der Waals surface area contributed by atoms with Crippen molar-refractivity contribution >= 4 is 23.3 Å². The molecule has 0 amide bonds. The lowest BCUT2D eigenvalue weighted by Gasteiger charge is -2.21. The van der Waals surface area contributed by atoms with Crippen LogP contribution in [0.3, 0.4) is 0 Å². The lowest BCUT2D eigenvalue weighted by atomic mass is 10.2. The first-order valence-electron chi connectivity index (χ1n) is 6.50. The Kier molecular flexibility index (Phi) is 4.80. The van der Waals surface area contributed by atoms with Gasteiger partial charge in [-0.05, 0) is 18.2 Å². The van der Waals surface area contributed by atoms with E-state index in [4.69, 9.17) is 21.2 Å². The number of nitrogens with zero attached hydrogens (tertiary/aromatic N) is 3. The Balaban J connectivity index is 2.21. The summed E-state index contributed by atoms with van der Waals surface area (Å²) in [7, 11) is 0. The van der Waals surface area contributed by atoms with Crippen LogP contribution in [-0.2, 0) is 11.3 Å². The fourth-order valence-electron chi connectivity index (χ4n) is 1.81. The highest BCUT2D eigenvalue weighted by Crippen LogP contribution is 2.21. The molecule has 6 nitrogen and oxygen atoms in total. The van der Waals surface area contributed by atoms with Crippen molar-refractivity contribution in [3.8, 4) is 0 Å². The van der Waals surface area contributed by atoms with Gasteiger partial charge in [-0.3, -0.25) is 4.79 Å². The van der Waals surface area contributed by atoms with Crippen molar-refractivity contribution in [2.45, 2.75) is 26.3 Å². The van der Waals surface area contributed by atoms with Crippen molar-refractivity contribution in [1.82, 2.24) is 10.1 Å². The molecule has 21 heavy (non-hydrogen) atoms. The number of benzene rings is 1. The standard InChI is InChI=1S/C14H16ClN3O3/c1-9(2)14-16-12(17-21-14)7-18(8-13(19)20)11-5-3-4-10(15)6-11/h3-6,9H,7-8H2,1-2H3,(H,19,20). The molecule has 0 saturated heterocycles. The van der Waals surface area contributed by atoms with Gasteiger partial charge in [0.15, 0.2) is 5.82 Å². The molecule has 2 aromatic rings. The van der Waals surface area contributed by atoms with Crippen LogP contribution in [0.1, 0.15) is 31.5 Å². The average molecular weight is 310 g/mol. The quantitative estimate of drug-likeness (QED) is 0.883. The molecule has 0 aliphatic heterocycles. The summed E-state index contributed by atoms with van der Waals surface area (Å²) in [6, 6.07) is 6.99. The zero-order valence-electron chi connectivity index (χ0n) is 11.8. The summed E-state index contributed by atoms with van der Waals surface area (Å²) in [5.41, 5.74) is 0.695. The number of halogens is 1. The highest BCUT2D eigenvalue weighted by molar-refractivity contribution is 6.30. The molecule has 0 fully saturated rings. The molecule has 112 valence electrons. The molecule has 0 saturated carbocycles. The van der Waals surface area contributed by atoms with E-state index in [0.717, 1.165) is 0 Å². The average Bonchev–Trinajstić information content (AvgIpc) is 2.86. The van der Waals surface area contributed by atoms with Crippen LogP contribution in [0.15, 0.2) is 28.8 Å². The van der Waals surface area contributed by atoms with Gasteiger partial charge in [0.25, 0.3) is 0 Å². The normalized spacial score (nSPS) is 10.9. The second-order valence-corrected chi connectivity index (χ2v) is 5.37. The van der Waals surface area contributed by atoms with Crippen LogP contribution in [0, 0.1) is 0 Å². The van der Waals surface area contributed by atoms with Gasteiger partial charge in [0.2, 0.25) is 5.89 Å². The molecule has 0 aliphatic rings. The number of hydrogen-bond donors (Lipinski definition) is 1. The largest absolute Gasteiger partial charge is 0.480 e. The monoisotopic (exact) mass is 309 g/mol. The van der Waals surface area contributed by atoms with Crippen LogP contribution in [0.2, 0.25) is 5.02 Å². The maximum Gasteiger partial charge on any atom is 0.323 e. The first-order chi connectivity index (χ1) is 9.95. The van der Waals surface area contributed by atoms with Crippen molar-refractivity contribution in [2.75, 3.05) is 11.4 Å². The van der Waals surface area contributed by atoms with Crippen molar-refractivity contribution in [2.24, 2.45) is 0 Å². The van der Waals surface area contributed by atoms with Crippen molar-refractivity contribution in [3.63, 3.8) is 0 Å². The molecule has 0 spiro atoms. The van der Waals surface area contributed by atoms with Crippen molar-refractivity contribution in [3.05, 3.63) is 41.0 Å². The van der Waals surface area contributed by atoms with E-state index in [1.165, 1.54) is 0 Å². The molecule has 0 unspecified atom stereocenters. The summed E-state index contributed by atoms with van der Waals surface area (Å²) in [6.07, 6.45) is 0. The minimum absolute atomic E-state index is 0.130. The number of aliphatic carboxylic acids is 1. The smallest absolute Gasteiger partial charge is 0.323 e. The van der Waals surface area contributed by atoms with Crippen LogP contribution < -0.4 is 4.90 Å². The molecule has 1 heterocycles. The Labute approximate surface area is 127 Å². The fraction of sp³-hybridized carbons (Fsp3) is 0.357. The highest BCUT2D eigenvalue weighted by Gasteiger charge is 2.16. The van der Waals surface area contributed by atoms with Gasteiger partial charge in [-0.25, -0.2) is 0 Å². The van der Waals surface area contributed by atoms with Crippen LogP contribution >= 0.6 is 11.6 Å². The fourth-order valence-corrected chi connectivity index (χ4v) is 2.00. The number of aromatic nitrogens is 2. The Morgan fingerprint density at radius 1 is 1.48 bits per heavy atom. The van der Waals surface area contributed by atoms with Gasteiger partial charge in [0.05, 0.1) is 6.54 Å². The molecule has 1 N–H and O–H groups in total. The van der Waals surface area contributed by atoms with Gasteiger partial charge in [-0.2, -0.15) is 4.98 Å². The van der Waals surface area contributed by atoms with Crippen LogP contribution in [-0.4, -0.2) is 27.8 Å². The lowest BCUT2D eigenvalue weighted by molar-refractivity contribution is -0.135. The third kappa shape index (κ3) is 4.19. The van der Waals surface area contributed by atoms with Crippen LogP contribution in [0.25, 0.3) is 0 Å². The topological polar surface area (TPSA) is 79.5 Å². The number of carboxylic acids is 1. The van der Waals surface area contributed by atoms with E-state index in [1.807, 2.05) is 13.8 Å². The Hall–Kier alpha value is -2.08. The predicted molar refractivity (Wildman–Crippen MR) is 78.5 cm³/mol. The Bertz CT molecular complexity index is 627. The third-order valence-electron chi connectivity index (χ3n) is 2.81. The van der Waals surface area contributed by atoms with E-state index >= 15 is 0 Å². The number of anilines is 1. The molecule has 0 aliphatic carbocycles. The minimum atomic E-state index is -0.942. The minimum Gasteiger partial charge on any atom is -0.480 e. The number of rotatable bonds is 6. The van der Waals surface area contributed by atoms with E-state index in [-0.39, 0.29) is 19.0 Å². The SMILES string of the molecule is CC(C)c1nc(CN(CC(=O)O)c2cccc(Cl)c2)no1. The summed E-state index contributed by atoms with van der Waals surface area (Å²) < 4.78 is 5.13. The van der Waals surface area contributed by atoms with E-state index in [9.17, 15) is 4.79 Å². The number of carboxylic acid groups (broad SMARTS) is 1. The first kappa shape index (κ1) is 15.3. The predicted octanol–water partition coefficient (Wildman–Crippen LogP) is 2.94. The van der Waals surface area contributed by atoms with Gasteiger partial charge < -0.3 is 14.5 Å². The van der Waals surface area contributed by atoms with E-state index in [2.05, 4.69) is 10.1 Å². The van der Waals surface area contributed by atoms with Gasteiger partial charge in [-0.15, -0.1) is 0 Å². The van der Waals surface area contributed by atoms with E-state index in [1.54, 1.807) is 29.2 Å².